The number of rotatable bonds is 7. The standard InChI is InChI=1S/C39H65NO13/c1-19-16-38(8,46)35(53-37-31(43)27(40(10)11)15-20(2)49-37)23(5)32(51-28-17-39(9,47-12)34(44)25(7)50-28)24(6)36(45)52-33(26-13-14-48-18-26)22(4)30(42)21(3)29(19)41/h13-14,18-25,27-28,30-35,37,42-44,46H,15-17H2,1-12H3. The van der Waals surface area contributed by atoms with E-state index in [1.54, 1.807) is 61.5 Å². The molecular weight excluding hydrogens is 690 g/mol. The number of hydrogen-bond donors (Lipinski definition) is 4. The Hall–Kier alpha value is -1.98. The van der Waals surface area contributed by atoms with Gasteiger partial charge in [0.1, 0.15) is 24.1 Å². The number of methoxy groups -OCH3 is 1. The lowest BCUT2D eigenvalue weighted by Gasteiger charge is -2.49. The molecule has 1 aromatic rings. The highest BCUT2D eigenvalue weighted by Gasteiger charge is 2.52. The maximum absolute atomic E-state index is 14.3. The molecule has 3 saturated heterocycles. The number of aliphatic hydroxyl groups excluding tert-OH is 3. The molecule has 0 spiro atoms. The molecule has 1 aromatic heterocycles. The molecule has 3 fully saturated rings. The van der Waals surface area contributed by atoms with E-state index in [9.17, 15) is 30.0 Å². The maximum Gasteiger partial charge on any atom is 0.311 e. The fraction of sp³-hybridized carbons (Fsp3) is 0.846. The van der Waals surface area contributed by atoms with Crippen LogP contribution in [0.25, 0.3) is 0 Å². The molecule has 0 radical (unpaired) electrons. The van der Waals surface area contributed by atoms with Crippen LogP contribution in [-0.4, -0.2) is 131 Å². The van der Waals surface area contributed by atoms with Crippen LogP contribution in [0.4, 0.5) is 0 Å². The average molecular weight is 756 g/mol. The summed E-state index contributed by atoms with van der Waals surface area (Å²) in [6, 6.07) is 1.33. The van der Waals surface area contributed by atoms with Gasteiger partial charge < -0.3 is 58.2 Å². The van der Waals surface area contributed by atoms with Gasteiger partial charge in [-0.25, -0.2) is 0 Å². The van der Waals surface area contributed by atoms with Gasteiger partial charge in [0.2, 0.25) is 0 Å². The Morgan fingerprint density at radius 3 is 2.13 bits per heavy atom. The minimum absolute atomic E-state index is 0.0800. The van der Waals surface area contributed by atoms with Gasteiger partial charge in [-0.05, 0) is 67.6 Å². The van der Waals surface area contributed by atoms with E-state index in [1.807, 2.05) is 25.9 Å². The SMILES string of the molecule is COC1(C)CC(OC2C(C)C(=O)OC(c3ccoc3)C(C)C(O)C(C)C(=O)C(C)CC(C)(O)C(OC3OC(C)CC(N(C)C)C3O)C2C)OC(C)C1O. The van der Waals surface area contributed by atoms with Crippen molar-refractivity contribution in [3.8, 4) is 0 Å². The summed E-state index contributed by atoms with van der Waals surface area (Å²) >= 11 is 0. The van der Waals surface area contributed by atoms with Crippen molar-refractivity contribution in [3.05, 3.63) is 24.2 Å². The number of ether oxygens (including phenoxy) is 6. The van der Waals surface area contributed by atoms with Crippen LogP contribution in [0, 0.1) is 29.6 Å². The first-order valence-corrected chi connectivity index (χ1v) is 19.0. The topological polar surface area (TPSA) is 187 Å². The minimum Gasteiger partial charge on any atom is -0.472 e. The third-order valence-electron chi connectivity index (χ3n) is 12.1. The molecule has 4 heterocycles. The van der Waals surface area contributed by atoms with Crippen molar-refractivity contribution < 1.29 is 62.9 Å². The number of carbonyl (C=O) groups is 2. The van der Waals surface area contributed by atoms with E-state index in [2.05, 4.69) is 0 Å². The first kappa shape index (κ1) is 43.7. The fourth-order valence-electron chi connectivity index (χ4n) is 8.65. The van der Waals surface area contributed by atoms with E-state index in [-0.39, 0.29) is 30.8 Å². The number of cyclic esters (lactones) is 1. The lowest BCUT2D eigenvalue weighted by Crippen LogP contribution is -2.60. The van der Waals surface area contributed by atoms with Gasteiger partial charge >= 0.3 is 5.97 Å². The van der Waals surface area contributed by atoms with Gasteiger partial charge in [0.05, 0.1) is 60.2 Å². The van der Waals surface area contributed by atoms with Crippen molar-refractivity contribution in [1.29, 1.82) is 0 Å². The molecule has 4 rings (SSSR count). The van der Waals surface area contributed by atoms with E-state index in [0.29, 0.717) is 12.0 Å². The number of nitrogens with zero attached hydrogens (tertiary/aromatic N) is 1. The van der Waals surface area contributed by atoms with Crippen molar-refractivity contribution in [2.75, 3.05) is 21.2 Å². The lowest BCUT2D eigenvalue weighted by atomic mass is 9.74. The molecule has 4 N–H and O–H groups in total. The number of esters is 1. The summed E-state index contributed by atoms with van der Waals surface area (Å²) in [5, 5.41) is 46.5. The van der Waals surface area contributed by atoms with Crippen molar-refractivity contribution in [2.24, 2.45) is 29.6 Å². The van der Waals surface area contributed by atoms with Crippen LogP contribution in [0.1, 0.15) is 93.2 Å². The van der Waals surface area contributed by atoms with Crippen molar-refractivity contribution in [2.45, 2.75) is 160 Å². The third kappa shape index (κ3) is 9.53. The Labute approximate surface area is 314 Å². The highest BCUT2D eigenvalue weighted by atomic mass is 16.7. The van der Waals surface area contributed by atoms with E-state index in [1.165, 1.54) is 19.6 Å². The van der Waals surface area contributed by atoms with Crippen LogP contribution >= 0.6 is 0 Å². The van der Waals surface area contributed by atoms with Gasteiger partial charge in [-0.1, -0.05) is 27.7 Å². The normalized spacial score (nSPS) is 46.9. The van der Waals surface area contributed by atoms with Crippen molar-refractivity contribution in [3.63, 3.8) is 0 Å². The van der Waals surface area contributed by atoms with Crippen LogP contribution < -0.4 is 0 Å². The lowest BCUT2D eigenvalue weighted by molar-refractivity contribution is -0.317. The van der Waals surface area contributed by atoms with Gasteiger partial charge in [0, 0.05) is 48.8 Å². The second kappa shape index (κ2) is 17.4. The largest absolute Gasteiger partial charge is 0.472 e. The summed E-state index contributed by atoms with van der Waals surface area (Å²) in [6.45, 7) is 15.4. The van der Waals surface area contributed by atoms with Crippen molar-refractivity contribution in [1.82, 2.24) is 4.90 Å². The third-order valence-corrected chi connectivity index (χ3v) is 12.1. The molecule has 53 heavy (non-hydrogen) atoms. The Morgan fingerprint density at radius 1 is 0.887 bits per heavy atom. The van der Waals surface area contributed by atoms with Gasteiger partial charge in [-0.15, -0.1) is 0 Å². The fourth-order valence-corrected chi connectivity index (χ4v) is 8.65. The number of carbonyl (C=O) groups excluding carboxylic acids is 2. The van der Waals surface area contributed by atoms with E-state index in [4.69, 9.17) is 32.8 Å². The van der Waals surface area contributed by atoms with Gasteiger partial charge in [0.15, 0.2) is 12.6 Å². The molecule has 3 aliphatic heterocycles. The zero-order valence-electron chi connectivity index (χ0n) is 33.5. The second-order valence-electron chi connectivity index (χ2n) is 16.7. The number of ketones is 1. The Bertz CT molecular complexity index is 1340. The summed E-state index contributed by atoms with van der Waals surface area (Å²) in [7, 11) is 5.21. The molecule has 0 saturated carbocycles. The monoisotopic (exact) mass is 755 g/mol. The maximum atomic E-state index is 14.3. The molecule has 18 atom stereocenters. The second-order valence-corrected chi connectivity index (χ2v) is 16.7. The quantitative estimate of drug-likeness (QED) is 0.297. The minimum atomic E-state index is -1.76. The van der Waals surface area contributed by atoms with Crippen LogP contribution in [0.5, 0.6) is 0 Å². The molecule has 14 heteroatoms. The zero-order chi connectivity index (χ0) is 39.7. The average Bonchev–Trinajstić information content (AvgIpc) is 3.64. The van der Waals surface area contributed by atoms with Crippen LogP contribution in [0.2, 0.25) is 0 Å². The highest BCUT2D eigenvalue weighted by molar-refractivity contribution is 5.83. The van der Waals surface area contributed by atoms with Gasteiger partial charge in [0.25, 0.3) is 0 Å². The van der Waals surface area contributed by atoms with Crippen LogP contribution in [0.3, 0.4) is 0 Å². The predicted molar refractivity (Wildman–Crippen MR) is 192 cm³/mol. The van der Waals surface area contributed by atoms with Gasteiger partial charge in [-0.2, -0.15) is 0 Å². The molecule has 3 aliphatic rings. The van der Waals surface area contributed by atoms with E-state index >= 15 is 0 Å². The molecule has 0 amide bonds. The molecule has 18 unspecified atom stereocenters. The predicted octanol–water partition coefficient (Wildman–Crippen LogP) is 3.23. The summed E-state index contributed by atoms with van der Waals surface area (Å²) in [5.74, 6) is -5.15. The molecule has 0 aliphatic carbocycles. The number of Topliss-reactive ketones (excluding diaryl/α,β-unsaturated/α-hetero) is 1. The molecule has 14 nitrogen and oxygen atoms in total. The van der Waals surface area contributed by atoms with Gasteiger partial charge in [-0.3, -0.25) is 9.59 Å². The van der Waals surface area contributed by atoms with E-state index in [0.717, 1.165) is 0 Å². The number of furan rings is 1. The molecular formula is C39H65NO13. The van der Waals surface area contributed by atoms with Crippen molar-refractivity contribution >= 4 is 11.8 Å². The van der Waals surface area contributed by atoms with Crippen LogP contribution in [-0.2, 0) is 38.0 Å². The number of hydrogen-bond acceptors (Lipinski definition) is 14. The highest BCUT2D eigenvalue weighted by Crippen LogP contribution is 2.41. The summed E-state index contributed by atoms with van der Waals surface area (Å²) in [5.41, 5.74) is -2.29. The van der Waals surface area contributed by atoms with Crippen LogP contribution in [0.15, 0.2) is 23.0 Å². The zero-order valence-corrected chi connectivity index (χ0v) is 33.5. The summed E-state index contributed by atoms with van der Waals surface area (Å²) in [4.78, 5) is 30.2. The summed E-state index contributed by atoms with van der Waals surface area (Å²) < 4.78 is 42.9. The smallest absolute Gasteiger partial charge is 0.311 e. The Morgan fingerprint density at radius 2 is 1.55 bits per heavy atom. The number of likely N-dealkylation sites (N-methyl/N-ethyl adjacent to an activating group) is 1. The molecule has 0 bridgehead atoms. The number of aliphatic hydroxyl groups is 4. The first-order valence-electron chi connectivity index (χ1n) is 19.0. The molecule has 304 valence electrons. The Kier molecular flexibility index (Phi) is 14.4. The molecule has 0 aromatic carbocycles. The Balaban J connectivity index is 1.84. The van der Waals surface area contributed by atoms with E-state index < -0.39 is 102 Å². The first-order chi connectivity index (χ1) is 24.6. The summed E-state index contributed by atoms with van der Waals surface area (Å²) in [6.07, 6.45) is -6.18.